The van der Waals surface area contributed by atoms with E-state index in [-0.39, 0.29) is 12.2 Å². The molecule has 1 fully saturated rings. The number of aliphatic hydroxyl groups is 1. The molecule has 0 unspecified atom stereocenters. The summed E-state index contributed by atoms with van der Waals surface area (Å²) >= 11 is 0. The first-order chi connectivity index (χ1) is 5.46. The lowest BCUT2D eigenvalue weighted by atomic mass is 10.1. The second-order valence-corrected chi connectivity index (χ2v) is 3.54. The minimum absolute atomic E-state index is 0.208. The summed E-state index contributed by atoms with van der Waals surface area (Å²) in [5.41, 5.74) is 0. The maximum absolute atomic E-state index is 9.33. The Balaban J connectivity index is 2.69. The highest BCUT2D eigenvalue weighted by Gasteiger charge is 2.41. The summed E-state index contributed by atoms with van der Waals surface area (Å²) in [6.45, 7) is 8.96. The Morgan fingerprint density at radius 2 is 2.08 bits per heavy atom. The lowest BCUT2D eigenvalue weighted by Crippen LogP contribution is -2.32. The molecule has 1 N–H and O–H groups in total. The molecule has 70 valence electrons. The fourth-order valence-corrected chi connectivity index (χ4v) is 1.37. The lowest BCUT2D eigenvalue weighted by molar-refractivity contribution is -0.152. The molecule has 0 bridgehead atoms. The number of hydrogen-bond donors (Lipinski definition) is 1. The van der Waals surface area contributed by atoms with Crippen molar-refractivity contribution in [3.8, 4) is 0 Å². The van der Waals surface area contributed by atoms with Crippen LogP contribution in [0.25, 0.3) is 0 Å². The van der Waals surface area contributed by atoms with Crippen molar-refractivity contribution in [2.45, 2.75) is 44.9 Å². The number of aliphatic hydroxyl groups excluding tert-OH is 1. The van der Waals surface area contributed by atoms with E-state index >= 15 is 0 Å². The van der Waals surface area contributed by atoms with Gasteiger partial charge in [-0.2, -0.15) is 0 Å². The summed E-state index contributed by atoms with van der Waals surface area (Å²) in [6.07, 6.45) is 0.624. The zero-order chi connectivity index (χ0) is 9.35. The van der Waals surface area contributed by atoms with Crippen LogP contribution < -0.4 is 0 Å². The average Bonchev–Trinajstić information content (AvgIpc) is 2.25. The van der Waals surface area contributed by atoms with Gasteiger partial charge in [-0.15, -0.1) is 6.58 Å². The minimum Gasteiger partial charge on any atom is -0.391 e. The summed E-state index contributed by atoms with van der Waals surface area (Å²) < 4.78 is 10.9. The first kappa shape index (κ1) is 9.71. The van der Waals surface area contributed by atoms with Gasteiger partial charge in [-0.1, -0.05) is 6.08 Å². The van der Waals surface area contributed by atoms with Gasteiger partial charge in [-0.25, -0.2) is 0 Å². The van der Waals surface area contributed by atoms with Gasteiger partial charge in [0.1, 0.15) is 12.2 Å². The summed E-state index contributed by atoms with van der Waals surface area (Å²) in [6, 6.07) is 0. The van der Waals surface area contributed by atoms with Crippen LogP contribution in [0.1, 0.15) is 20.8 Å². The van der Waals surface area contributed by atoms with Gasteiger partial charge in [0.25, 0.3) is 0 Å². The van der Waals surface area contributed by atoms with Gasteiger partial charge in [0, 0.05) is 0 Å². The second kappa shape index (κ2) is 3.17. The predicted octanol–water partition coefficient (Wildman–Crippen LogP) is 1.07. The van der Waals surface area contributed by atoms with Crippen LogP contribution in [0.3, 0.4) is 0 Å². The van der Waals surface area contributed by atoms with Crippen LogP contribution in [0, 0.1) is 0 Å². The summed E-state index contributed by atoms with van der Waals surface area (Å²) in [7, 11) is 0. The van der Waals surface area contributed by atoms with Crippen molar-refractivity contribution in [2.24, 2.45) is 0 Å². The third kappa shape index (κ3) is 1.86. The standard InChI is InChI=1S/C9H16O3/c1-5-7-8(6(2)10)12-9(3,4)11-7/h5-8,10H,1H2,2-4H3/t6-,7-,8+/m1/s1. The Bertz CT molecular complexity index is 175. The fourth-order valence-electron chi connectivity index (χ4n) is 1.37. The normalized spacial score (nSPS) is 36.3. The highest BCUT2D eigenvalue weighted by molar-refractivity contribution is 4.95. The van der Waals surface area contributed by atoms with Crippen LogP contribution >= 0.6 is 0 Å². The highest BCUT2D eigenvalue weighted by atomic mass is 16.8. The molecule has 1 aliphatic heterocycles. The van der Waals surface area contributed by atoms with E-state index < -0.39 is 11.9 Å². The van der Waals surface area contributed by atoms with Crippen LogP contribution in [0.15, 0.2) is 12.7 Å². The van der Waals surface area contributed by atoms with Crippen molar-refractivity contribution in [1.29, 1.82) is 0 Å². The topological polar surface area (TPSA) is 38.7 Å². The van der Waals surface area contributed by atoms with E-state index in [2.05, 4.69) is 6.58 Å². The smallest absolute Gasteiger partial charge is 0.164 e. The van der Waals surface area contributed by atoms with Gasteiger partial charge >= 0.3 is 0 Å². The molecule has 0 aromatic carbocycles. The Hall–Kier alpha value is -0.380. The van der Waals surface area contributed by atoms with E-state index in [4.69, 9.17) is 9.47 Å². The second-order valence-electron chi connectivity index (χ2n) is 3.54. The average molecular weight is 172 g/mol. The molecule has 1 saturated heterocycles. The van der Waals surface area contributed by atoms with E-state index in [0.717, 1.165) is 0 Å². The molecule has 0 aliphatic carbocycles. The van der Waals surface area contributed by atoms with E-state index in [1.807, 2.05) is 13.8 Å². The van der Waals surface area contributed by atoms with Gasteiger partial charge < -0.3 is 14.6 Å². The van der Waals surface area contributed by atoms with Crippen LogP contribution in [-0.4, -0.2) is 29.2 Å². The van der Waals surface area contributed by atoms with Crippen molar-refractivity contribution in [2.75, 3.05) is 0 Å². The van der Waals surface area contributed by atoms with Crippen LogP contribution in [-0.2, 0) is 9.47 Å². The predicted molar refractivity (Wildman–Crippen MR) is 45.7 cm³/mol. The Morgan fingerprint density at radius 3 is 2.42 bits per heavy atom. The molecule has 3 nitrogen and oxygen atoms in total. The van der Waals surface area contributed by atoms with Gasteiger partial charge in [-0.3, -0.25) is 0 Å². The SMILES string of the molecule is C=C[C@H]1OC(C)(C)O[C@H]1[C@@H](C)O. The molecule has 0 saturated carbocycles. The minimum atomic E-state index is -0.611. The lowest BCUT2D eigenvalue weighted by Gasteiger charge is -2.18. The van der Waals surface area contributed by atoms with Crippen LogP contribution in [0.5, 0.6) is 0 Å². The monoisotopic (exact) mass is 172 g/mol. The Kier molecular flexibility index (Phi) is 2.56. The molecule has 1 rings (SSSR count). The van der Waals surface area contributed by atoms with Gasteiger partial charge in [-0.05, 0) is 20.8 Å². The molecular formula is C9H16O3. The zero-order valence-electron chi connectivity index (χ0n) is 7.78. The van der Waals surface area contributed by atoms with Gasteiger partial charge in [0.2, 0.25) is 0 Å². The number of ether oxygens (including phenoxy) is 2. The quantitative estimate of drug-likeness (QED) is 0.633. The molecule has 3 heteroatoms. The van der Waals surface area contributed by atoms with Crippen molar-refractivity contribution < 1.29 is 14.6 Å². The molecule has 3 atom stereocenters. The van der Waals surface area contributed by atoms with Crippen molar-refractivity contribution >= 4 is 0 Å². The molecule has 0 aromatic heterocycles. The third-order valence-electron chi connectivity index (χ3n) is 1.87. The molecule has 1 heterocycles. The third-order valence-corrected chi connectivity index (χ3v) is 1.87. The molecular weight excluding hydrogens is 156 g/mol. The first-order valence-electron chi connectivity index (χ1n) is 4.12. The van der Waals surface area contributed by atoms with E-state index in [9.17, 15) is 5.11 Å². The highest BCUT2D eigenvalue weighted by Crippen LogP contribution is 2.30. The summed E-state index contributed by atoms with van der Waals surface area (Å²) in [4.78, 5) is 0. The van der Waals surface area contributed by atoms with Gasteiger partial charge in [0.05, 0.1) is 6.10 Å². The molecule has 1 aliphatic rings. The molecule has 0 amide bonds. The van der Waals surface area contributed by atoms with E-state index in [1.165, 1.54) is 0 Å². The number of hydrogen-bond acceptors (Lipinski definition) is 3. The van der Waals surface area contributed by atoms with Crippen molar-refractivity contribution in [1.82, 2.24) is 0 Å². The summed E-state index contributed by atoms with van der Waals surface area (Å²) in [5, 5.41) is 9.33. The molecule has 0 aromatic rings. The van der Waals surface area contributed by atoms with Crippen LogP contribution in [0.4, 0.5) is 0 Å². The molecule has 0 spiro atoms. The Labute approximate surface area is 73.0 Å². The molecule has 0 radical (unpaired) electrons. The van der Waals surface area contributed by atoms with E-state index in [0.29, 0.717) is 0 Å². The zero-order valence-corrected chi connectivity index (χ0v) is 7.78. The number of rotatable bonds is 2. The van der Waals surface area contributed by atoms with Crippen LogP contribution in [0.2, 0.25) is 0 Å². The van der Waals surface area contributed by atoms with Crippen molar-refractivity contribution in [3.63, 3.8) is 0 Å². The van der Waals surface area contributed by atoms with Crippen molar-refractivity contribution in [3.05, 3.63) is 12.7 Å². The summed E-state index contributed by atoms with van der Waals surface area (Å²) in [5.74, 6) is -0.611. The van der Waals surface area contributed by atoms with E-state index in [1.54, 1.807) is 13.0 Å². The maximum Gasteiger partial charge on any atom is 0.164 e. The maximum atomic E-state index is 9.33. The Morgan fingerprint density at radius 1 is 1.50 bits per heavy atom. The molecule has 12 heavy (non-hydrogen) atoms. The first-order valence-corrected chi connectivity index (χ1v) is 4.12. The largest absolute Gasteiger partial charge is 0.391 e. The van der Waals surface area contributed by atoms with Gasteiger partial charge in [0.15, 0.2) is 5.79 Å². The fraction of sp³-hybridized carbons (Fsp3) is 0.778.